The van der Waals surface area contributed by atoms with Gasteiger partial charge in [-0.2, -0.15) is 5.10 Å². The molecule has 0 amide bonds. The Labute approximate surface area is 177 Å². The fourth-order valence-electron chi connectivity index (χ4n) is 3.51. The van der Waals surface area contributed by atoms with E-state index in [1.807, 2.05) is 60.1 Å². The summed E-state index contributed by atoms with van der Waals surface area (Å²) in [6.45, 7) is 2.50. The van der Waals surface area contributed by atoms with Crippen molar-refractivity contribution in [2.75, 3.05) is 24.8 Å². The Morgan fingerprint density at radius 3 is 2.90 bits per heavy atom. The molecule has 0 radical (unpaired) electrons. The van der Waals surface area contributed by atoms with Crippen LogP contribution in [0.3, 0.4) is 0 Å². The van der Waals surface area contributed by atoms with Crippen LogP contribution < -0.4 is 20.5 Å². The summed E-state index contributed by atoms with van der Waals surface area (Å²) in [4.78, 5) is 9.28. The molecule has 3 heterocycles. The minimum absolute atomic E-state index is 0.478. The van der Waals surface area contributed by atoms with E-state index in [0.29, 0.717) is 35.4 Å². The Bertz CT molecular complexity index is 1390. The van der Waals surface area contributed by atoms with Gasteiger partial charge in [-0.15, -0.1) is 0 Å². The van der Waals surface area contributed by atoms with Gasteiger partial charge >= 0.3 is 0 Å². The van der Waals surface area contributed by atoms with E-state index in [9.17, 15) is 0 Å². The summed E-state index contributed by atoms with van der Waals surface area (Å²) in [6.07, 6.45) is 5.56. The predicted octanol–water partition coefficient (Wildman–Crippen LogP) is 4.01. The molecule has 0 unspecified atom stereocenters. The maximum absolute atomic E-state index is 5.89. The van der Waals surface area contributed by atoms with Gasteiger partial charge in [0.2, 0.25) is 0 Å². The quantitative estimate of drug-likeness (QED) is 0.384. The van der Waals surface area contributed by atoms with Gasteiger partial charge < -0.3 is 24.9 Å². The summed E-state index contributed by atoms with van der Waals surface area (Å²) in [6, 6.07) is 11.6. The summed E-state index contributed by atoms with van der Waals surface area (Å²) in [5.74, 6) is 2.43. The van der Waals surface area contributed by atoms with E-state index >= 15 is 0 Å². The lowest BCUT2D eigenvalue weighted by Gasteiger charge is -2.13. The van der Waals surface area contributed by atoms with Crippen molar-refractivity contribution in [3.05, 3.63) is 55.0 Å². The standard InChI is InChI=1S/C22H21N7O2/c1-3-31-18-7-5-14(11-19(18)30-2)25-21-22-24-8-9-29(22)12-17(26-21)13-4-6-15-16(10-13)27-28-20(15)23/h4-12H,3H2,1-2H3,(H,25,26)(H3,23,27,28). The number of aromatic amines is 1. The van der Waals surface area contributed by atoms with Crippen molar-refractivity contribution in [3.8, 4) is 22.8 Å². The summed E-state index contributed by atoms with van der Waals surface area (Å²) >= 11 is 0. The maximum atomic E-state index is 5.89. The molecular weight excluding hydrogens is 394 g/mol. The van der Waals surface area contributed by atoms with Crippen LogP contribution in [0, 0.1) is 0 Å². The van der Waals surface area contributed by atoms with E-state index < -0.39 is 0 Å². The Balaban J connectivity index is 1.56. The van der Waals surface area contributed by atoms with Crippen molar-refractivity contribution in [1.82, 2.24) is 24.6 Å². The first-order valence-electron chi connectivity index (χ1n) is 9.82. The molecule has 5 rings (SSSR count). The molecule has 0 fully saturated rings. The highest BCUT2D eigenvalue weighted by molar-refractivity contribution is 5.91. The second kappa shape index (κ2) is 7.52. The van der Waals surface area contributed by atoms with Crippen LogP contribution in [-0.4, -0.2) is 38.3 Å². The van der Waals surface area contributed by atoms with Gasteiger partial charge in [0.15, 0.2) is 28.8 Å². The highest BCUT2D eigenvalue weighted by Crippen LogP contribution is 2.33. The number of imidazole rings is 1. The maximum Gasteiger partial charge on any atom is 0.180 e. The number of methoxy groups -OCH3 is 1. The molecule has 0 spiro atoms. The number of rotatable bonds is 6. The number of nitrogen functional groups attached to an aromatic ring is 1. The minimum atomic E-state index is 0.478. The summed E-state index contributed by atoms with van der Waals surface area (Å²) in [7, 11) is 1.62. The molecule has 156 valence electrons. The summed E-state index contributed by atoms with van der Waals surface area (Å²) in [5.41, 5.74) is 9.98. The fraction of sp³-hybridized carbons (Fsp3) is 0.136. The number of hydrogen-bond donors (Lipinski definition) is 3. The average Bonchev–Trinajstić information content (AvgIpc) is 3.41. The number of nitrogens with one attached hydrogen (secondary N) is 2. The van der Waals surface area contributed by atoms with E-state index in [1.165, 1.54) is 0 Å². The van der Waals surface area contributed by atoms with Crippen molar-refractivity contribution in [3.63, 3.8) is 0 Å². The monoisotopic (exact) mass is 415 g/mol. The molecule has 0 aliphatic rings. The van der Waals surface area contributed by atoms with Crippen molar-refractivity contribution in [1.29, 1.82) is 0 Å². The third kappa shape index (κ3) is 3.35. The number of ether oxygens (including phenoxy) is 2. The van der Waals surface area contributed by atoms with Crippen LogP contribution in [0.15, 0.2) is 55.0 Å². The zero-order chi connectivity index (χ0) is 21.4. The molecule has 4 N–H and O–H groups in total. The Morgan fingerprint density at radius 1 is 1.16 bits per heavy atom. The molecule has 0 saturated carbocycles. The third-order valence-electron chi connectivity index (χ3n) is 4.99. The van der Waals surface area contributed by atoms with Crippen LogP contribution >= 0.6 is 0 Å². The van der Waals surface area contributed by atoms with Gasteiger partial charge in [-0.1, -0.05) is 6.07 Å². The molecule has 9 heteroatoms. The number of fused-ring (bicyclic) bond motifs is 2. The second-order valence-electron chi connectivity index (χ2n) is 6.93. The first-order chi connectivity index (χ1) is 15.2. The van der Waals surface area contributed by atoms with Gasteiger partial charge in [0.05, 0.1) is 24.9 Å². The molecule has 0 saturated heterocycles. The van der Waals surface area contributed by atoms with Gasteiger partial charge in [-0.25, -0.2) is 9.97 Å². The third-order valence-corrected chi connectivity index (χ3v) is 4.99. The second-order valence-corrected chi connectivity index (χ2v) is 6.93. The van der Waals surface area contributed by atoms with Gasteiger partial charge in [-0.05, 0) is 31.2 Å². The average molecular weight is 415 g/mol. The van der Waals surface area contributed by atoms with E-state index in [1.54, 1.807) is 13.3 Å². The lowest BCUT2D eigenvalue weighted by molar-refractivity contribution is 0.311. The molecule has 5 aromatic rings. The number of H-pyrrole nitrogens is 1. The Kier molecular flexibility index (Phi) is 4.55. The van der Waals surface area contributed by atoms with Crippen LogP contribution in [0.25, 0.3) is 27.8 Å². The summed E-state index contributed by atoms with van der Waals surface area (Å²) < 4.78 is 13.0. The lowest BCUT2D eigenvalue weighted by atomic mass is 10.1. The van der Waals surface area contributed by atoms with Crippen LogP contribution in [0.4, 0.5) is 17.3 Å². The SMILES string of the molecule is CCOc1ccc(Nc2nc(-c3ccc4c(N)n[nH]c4c3)cn3ccnc23)cc1OC. The topological polar surface area (TPSA) is 115 Å². The highest BCUT2D eigenvalue weighted by Gasteiger charge is 2.13. The van der Waals surface area contributed by atoms with Crippen LogP contribution in [-0.2, 0) is 0 Å². The first kappa shape index (κ1) is 18.7. The molecular formula is C22H21N7O2. The zero-order valence-electron chi connectivity index (χ0n) is 17.1. The van der Waals surface area contributed by atoms with Gasteiger partial charge in [0.25, 0.3) is 0 Å². The van der Waals surface area contributed by atoms with Crippen molar-refractivity contribution in [2.24, 2.45) is 0 Å². The molecule has 3 aromatic heterocycles. The fourth-order valence-corrected chi connectivity index (χ4v) is 3.51. The minimum Gasteiger partial charge on any atom is -0.493 e. The highest BCUT2D eigenvalue weighted by atomic mass is 16.5. The predicted molar refractivity (Wildman–Crippen MR) is 120 cm³/mol. The molecule has 0 atom stereocenters. The van der Waals surface area contributed by atoms with Crippen LogP contribution in [0.2, 0.25) is 0 Å². The van der Waals surface area contributed by atoms with Gasteiger partial charge in [-0.3, -0.25) is 5.10 Å². The molecule has 0 aliphatic carbocycles. The molecule has 0 bridgehead atoms. The van der Waals surface area contributed by atoms with E-state index in [4.69, 9.17) is 20.2 Å². The van der Waals surface area contributed by atoms with E-state index in [-0.39, 0.29) is 0 Å². The zero-order valence-corrected chi connectivity index (χ0v) is 17.1. The van der Waals surface area contributed by atoms with Crippen LogP contribution in [0.1, 0.15) is 6.92 Å². The first-order valence-corrected chi connectivity index (χ1v) is 9.82. The van der Waals surface area contributed by atoms with E-state index in [0.717, 1.165) is 27.8 Å². The lowest BCUT2D eigenvalue weighted by Crippen LogP contribution is -2.01. The van der Waals surface area contributed by atoms with Crippen LogP contribution in [0.5, 0.6) is 11.5 Å². The smallest absolute Gasteiger partial charge is 0.180 e. The summed E-state index contributed by atoms with van der Waals surface area (Å²) in [5, 5.41) is 11.3. The number of nitrogens with two attached hydrogens (primary N) is 1. The van der Waals surface area contributed by atoms with Crippen molar-refractivity contribution < 1.29 is 9.47 Å². The normalized spacial score (nSPS) is 11.2. The molecule has 9 nitrogen and oxygen atoms in total. The number of benzene rings is 2. The number of anilines is 3. The molecule has 0 aliphatic heterocycles. The van der Waals surface area contributed by atoms with Gasteiger partial charge in [0.1, 0.15) is 0 Å². The van der Waals surface area contributed by atoms with E-state index in [2.05, 4.69) is 20.5 Å². The number of aromatic nitrogens is 5. The molecule has 31 heavy (non-hydrogen) atoms. The Hall–Kier alpha value is -4.27. The van der Waals surface area contributed by atoms with Crippen molar-refractivity contribution >= 4 is 33.9 Å². The van der Waals surface area contributed by atoms with Gasteiger partial charge in [0, 0.05) is 41.3 Å². The molecule has 2 aromatic carbocycles. The Morgan fingerprint density at radius 2 is 2.06 bits per heavy atom. The largest absolute Gasteiger partial charge is 0.493 e. The number of hydrogen-bond acceptors (Lipinski definition) is 7. The number of nitrogens with zero attached hydrogens (tertiary/aromatic N) is 4. The van der Waals surface area contributed by atoms with Crippen molar-refractivity contribution in [2.45, 2.75) is 6.92 Å².